The fourth-order valence-electron chi connectivity index (χ4n) is 0.776. The average Bonchev–Trinajstić information content (AvgIpc) is 2.52. The second-order valence-electron chi connectivity index (χ2n) is 2.07. The Labute approximate surface area is 75.5 Å². The first-order valence-corrected chi connectivity index (χ1v) is 3.31. The van der Waals surface area contributed by atoms with Gasteiger partial charge in [-0.15, -0.1) is 10.1 Å². The van der Waals surface area contributed by atoms with Crippen molar-refractivity contribution >= 4 is 11.2 Å². The highest BCUT2D eigenvalue weighted by molar-refractivity contribution is 5.67. The SMILES string of the molecule is O=[N+]([O-])O.O=c1[nH]cnc2nc[nH]c12. The number of rotatable bonds is 0. The maximum absolute atomic E-state index is 10.9. The van der Waals surface area contributed by atoms with Crippen LogP contribution in [0, 0.1) is 10.1 Å². The van der Waals surface area contributed by atoms with Gasteiger partial charge in [0.1, 0.15) is 0 Å². The van der Waals surface area contributed by atoms with E-state index >= 15 is 0 Å². The first-order valence-electron chi connectivity index (χ1n) is 3.31. The summed E-state index contributed by atoms with van der Waals surface area (Å²) in [5.41, 5.74) is 0.675. The lowest BCUT2D eigenvalue weighted by molar-refractivity contribution is -0.742. The summed E-state index contributed by atoms with van der Waals surface area (Å²) in [5, 5.41) is 13.6. The van der Waals surface area contributed by atoms with Gasteiger partial charge in [0.2, 0.25) is 0 Å². The molecule has 0 aliphatic heterocycles. The van der Waals surface area contributed by atoms with Gasteiger partial charge in [0.15, 0.2) is 11.2 Å². The molecule has 0 aromatic carbocycles. The van der Waals surface area contributed by atoms with Crippen molar-refractivity contribution in [3.05, 3.63) is 33.1 Å². The standard InChI is InChI=1S/C5H4N4O.HNO3/c10-5-3-4(7-1-6-3)8-2-9-5;2-1(3)4/h1-2H,(H2,6,7,8,9,10);(H,2,3,4). The molecule has 2 aromatic heterocycles. The van der Waals surface area contributed by atoms with E-state index in [1.807, 2.05) is 0 Å². The monoisotopic (exact) mass is 199 g/mol. The molecule has 3 N–H and O–H groups in total. The minimum atomic E-state index is -1.50. The number of H-pyrrole nitrogens is 2. The average molecular weight is 199 g/mol. The summed E-state index contributed by atoms with van der Waals surface area (Å²) in [4.78, 5) is 31.9. The normalized spacial score (nSPS) is 9.14. The van der Waals surface area contributed by atoms with Crippen molar-refractivity contribution in [1.29, 1.82) is 0 Å². The Kier molecular flexibility index (Phi) is 2.74. The zero-order chi connectivity index (χ0) is 10.6. The molecule has 2 heterocycles. The molecular formula is C5H5N5O4. The van der Waals surface area contributed by atoms with Crippen molar-refractivity contribution in [2.45, 2.75) is 0 Å². The number of hydrogen-bond donors (Lipinski definition) is 3. The highest BCUT2D eigenvalue weighted by Crippen LogP contribution is 1.94. The van der Waals surface area contributed by atoms with E-state index in [4.69, 9.17) is 15.3 Å². The molecule has 0 bridgehead atoms. The molecule has 0 unspecified atom stereocenters. The Morgan fingerprint density at radius 1 is 1.36 bits per heavy atom. The van der Waals surface area contributed by atoms with E-state index in [-0.39, 0.29) is 5.56 Å². The van der Waals surface area contributed by atoms with Gasteiger partial charge in [-0.25, -0.2) is 9.97 Å². The molecular weight excluding hydrogens is 194 g/mol. The van der Waals surface area contributed by atoms with Crippen LogP contribution in [0.2, 0.25) is 0 Å². The molecule has 9 nitrogen and oxygen atoms in total. The topological polar surface area (TPSA) is 138 Å². The number of imidazole rings is 1. The van der Waals surface area contributed by atoms with Crippen molar-refractivity contribution in [1.82, 2.24) is 19.9 Å². The quantitative estimate of drug-likeness (QED) is 0.378. The van der Waals surface area contributed by atoms with Crippen LogP contribution in [-0.2, 0) is 0 Å². The summed E-state index contributed by atoms with van der Waals surface area (Å²) in [5.74, 6) is 0. The number of nitrogens with one attached hydrogen (secondary N) is 2. The Balaban J connectivity index is 0.000000213. The lowest BCUT2D eigenvalue weighted by Gasteiger charge is -1.81. The highest BCUT2D eigenvalue weighted by atomic mass is 16.9. The van der Waals surface area contributed by atoms with Crippen LogP contribution in [0.5, 0.6) is 0 Å². The summed E-state index contributed by atoms with van der Waals surface area (Å²) in [7, 11) is 0. The maximum Gasteiger partial charge on any atom is 0.291 e. The molecule has 0 spiro atoms. The largest absolute Gasteiger partial charge is 0.339 e. The van der Waals surface area contributed by atoms with Gasteiger partial charge < -0.3 is 15.2 Å². The molecule has 0 saturated carbocycles. The van der Waals surface area contributed by atoms with E-state index in [0.717, 1.165) is 0 Å². The van der Waals surface area contributed by atoms with Gasteiger partial charge in [-0.2, -0.15) is 0 Å². The van der Waals surface area contributed by atoms with Crippen LogP contribution in [0.3, 0.4) is 0 Å². The van der Waals surface area contributed by atoms with Gasteiger partial charge in [0.25, 0.3) is 10.6 Å². The van der Waals surface area contributed by atoms with Crippen LogP contribution in [-0.4, -0.2) is 30.2 Å². The molecule has 0 aliphatic rings. The van der Waals surface area contributed by atoms with Crippen molar-refractivity contribution in [3.63, 3.8) is 0 Å². The minimum absolute atomic E-state index is 0.192. The Bertz CT molecular complexity index is 484. The predicted molar refractivity (Wildman–Crippen MR) is 43.3 cm³/mol. The van der Waals surface area contributed by atoms with Gasteiger partial charge in [-0.3, -0.25) is 4.79 Å². The third-order valence-corrected chi connectivity index (χ3v) is 1.23. The second-order valence-corrected chi connectivity index (χ2v) is 2.07. The number of nitrogens with zero attached hydrogens (tertiary/aromatic N) is 3. The molecule has 0 amide bonds. The molecule has 0 fully saturated rings. The third kappa shape index (κ3) is 2.27. The molecule has 0 atom stereocenters. The molecule has 9 heteroatoms. The molecule has 0 aliphatic carbocycles. The number of hydrogen-bond acceptors (Lipinski definition) is 5. The Morgan fingerprint density at radius 3 is 2.36 bits per heavy atom. The molecule has 74 valence electrons. The van der Waals surface area contributed by atoms with Gasteiger partial charge in [0.05, 0.1) is 12.7 Å². The van der Waals surface area contributed by atoms with E-state index in [1.165, 1.54) is 12.7 Å². The maximum atomic E-state index is 10.9. The summed E-state index contributed by atoms with van der Waals surface area (Å²) < 4.78 is 0. The summed E-state index contributed by atoms with van der Waals surface area (Å²) in [6.45, 7) is 0. The van der Waals surface area contributed by atoms with Crippen LogP contribution in [0.25, 0.3) is 11.2 Å². The number of aromatic nitrogens is 4. The first-order chi connectivity index (χ1) is 6.61. The van der Waals surface area contributed by atoms with E-state index in [2.05, 4.69) is 19.9 Å². The van der Waals surface area contributed by atoms with Crippen LogP contribution in [0.1, 0.15) is 0 Å². The van der Waals surface area contributed by atoms with Crippen molar-refractivity contribution < 1.29 is 10.3 Å². The summed E-state index contributed by atoms with van der Waals surface area (Å²) >= 11 is 0. The second kappa shape index (κ2) is 3.98. The van der Waals surface area contributed by atoms with Gasteiger partial charge in [-0.05, 0) is 0 Å². The van der Waals surface area contributed by atoms with Gasteiger partial charge in [0, 0.05) is 0 Å². The van der Waals surface area contributed by atoms with Crippen molar-refractivity contribution in [2.75, 3.05) is 0 Å². The van der Waals surface area contributed by atoms with Crippen molar-refractivity contribution in [3.8, 4) is 0 Å². The van der Waals surface area contributed by atoms with E-state index in [9.17, 15) is 4.79 Å². The lowest BCUT2D eigenvalue weighted by Crippen LogP contribution is -2.05. The third-order valence-electron chi connectivity index (χ3n) is 1.23. The smallest absolute Gasteiger partial charge is 0.291 e. The molecule has 0 radical (unpaired) electrons. The van der Waals surface area contributed by atoms with E-state index < -0.39 is 5.09 Å². The Morgan fingerprint density at radius 2 is 1.86 bits per heavy atom. The van der Waals surface area contributed by atoms with Gasteiger partial charge >= 0.3 is 0 Å². The van der Waals surface area contributed by atoms with Crippen LogP contribution in [0.4, 0.5) is 0 Å². The fourth-order valence-corrected chi connectivity index (χ4v) is 0.776. The van der Waals surface area contributed by atoms with E-state index in [1.54, 1.807) is 0 Å². The van der Waals surface area contributed by atoms with E-state index in [0.29, 0.717) is 11.2 Å². The lowest BCUT2D eigenvalue weighted by atomic mass is 10.6. The first kappa shape index (κ1) is 9.64. The molecule has 14 heavy (non-hydrogen) atoms. The zero-order valence-corrected chi connectivity index (χ0v) is 6.67. The van der Waals surface area contributed by atoms with Gasteiger partial charge in [-0.1, -0.05) is 0 Å². The van der Waals surface area contributed by atoms with Crippen LogP contribution < -0.4 is 5.56 Å². The molecule has 0 saturated heterocycles. The predicted octanol–water partition coefficient (Wildman–Crippen LogP) is -0.702. The summed E-state index contributed by atoms with van der Waals surface area (Å²) in [6, 6.07) is 0. The highest BCUT2D eigenvalue weighted by Gasteiger charge is 1.97. The van der Waals surface area contributed by atoms with Crippen LogP contribution in [0.15, 0.2) is 17.4 Å². The zero-order valence-electron chi connectivity index (χ0n) is 6.67. The Hall–Kier alpha value is -2.45. The van der Waals surface area contributed by atoms with Crippen LogP contribution >= 0.6 is 0 Å². The fraction of sp³-hybridized carbons (Fsp3) is 0. The minimum Gasteiger partial charge on any atom is -0.339 e. The van der Waals surface area contributed by atoms with Crippen molar-refractivity contribution in [2.24, 2.45) is 0 Å². The number of fused-ring (bicyclic) bond motifs is 1. The summed E-state index contributed by atoms with van der Waals surface area (Å²) in [6.07, 6.45) is 2.76. The number of aromatic amines is 2. The molecule has 2 aromatic rings. The molecule has 2 rings (SSSR count).